The summed E-state index contributed by atoms with van der Waals surface area (Å²) in [6.45, 7) is 2.95. The van der Waals surface area contributed by atoms with Crippen molar-refractivity contribution >= 4 is 23.5 Å². The van der Waals surface area contributed by atoms with Crippen molar-refractivity contribution in [3.63, 3.8) is 0 Å². The van der Waals surface area contributed by atoms with Gasteiger partial charge in [-0.1, -0.05) is 13.3 Å². The Morgan fingerprint density at radius 3 is 2.90 bits per heavy atom. The Morgan fingerprint density at radius 1 is 1.38 bits per heavy atom. The van der Waals surface area contributed by atoms with Crippen LogP contribution in [0.5, 0.6) is 0 Å². The van der Waals surface area contributed by atoms with Crippen LogP contribution in [0.15, 0.2) is 12.4 Å². The normalized spacial score (nSPS) is 21.8. The van der Waals surface area contributed by atoms with Gasteiger partial charge in [-0.3, -0.25) is 4.79 Å². The van der Waals surface area contributed by atoms with Gasteiger partial charge in [-0.15, -0.1) is 0 Å². The van der Waals surface area contributed by atoms with E-state index in [2.05, 4.69) is 33.8 Å². The highest BCUT2D eigenvalue weighted by Crippen LogP contribution is 2.26. The number of rotatable bonds is 6. The van der Waals surface area contributed by atoms with Gasteiger partial charge in [-0.05, 0) is 31.9 Å². The van der Waals surface area contributed by atoms with Gasteiger partial charge in [0.05, 0.1) is 12.4 Å². The van der Waals surface area contributed by atoms with Gasteiger partial charge in [-0.25, -0.2) is 9.97 Å². The Labute approximate surface area is 130 Å². The van der Waals surface area contributed by atoms with E-state index in [1.54, 1.807) is 12.4 Å². The minimum absolute atomic E-state index is 0.115. The maximum absolute atomic E-state index is 12.2. The first-order chi connectivity index (χ1) is 10.2. The Morgan fingerprint density at radius 2 is 2.24 bits per heavy atom. The fraction of sp³-hybridized carbons (Fsp3) is 0.667. The second kappa shape index (κ2) is 8.22. The van der Waals surface area contributed by atoms with Gasteiger partial charge in [0.2, 0.25) is 0 Å². The van der Waals surface area contributed by atoms with Crippen LogP contribution < -0.4 is 10.6 Å². The monoisotopic (exact) mass is 308 g/mol. The van der Waals surface area contributed by atoms with E-state index < -0.39 is 0 Å². The molecule has 0 bridgehead atoms. The van der Waals surface area contributed by atoms with E-state index in [9.17, 15) is 4.79 Å². The molecule has 2 N–H and O–H groups in total. The first-order valence-corrected chi connectivity index (χ1v) is 8.91. The summed E-state index contributed by atoms with van der Waals surface area (Å²) in [4.78, 5) is 20.6. The molecular weight excluding hydrogens is 284 g/mol. The molecule has 5 nitrogen and oxygen atoms in total. The molecule has 1 aromatic heterocycles. The first kappa shape index (κ1) is 16.1. The van der Waals surface area contributed by atoms with Gasteiger partial charge in [0.1, 0.15) is 11.5 Å². The molecule has 2 rings (SSSR count). The number of amides is 1. The molecule has 1 saturated carbocycles. The summed E-state index contributed by atoms with van der Waals surface area (Å²) < 4.78 is 0. The summed E-state index contributed by atoms with van der Waals surface area (Å²) in [5.74, 6) is 0.602. The van der Waals surface area contributed by atoms with Crippen LogP contribution in [0.1, 0.15) is 49.5 Å². The fourth-order valence-electron chi connectivity index (χ4n) is 2.54. The Hall–Kier alpha value is -1.30. The third-order valence-electron chi connectivity index (χ3n) is 3.74. The first-order valence-electron chi connectivity index (χ1n) is 7.62. The summed E-state index contributed by atoms with van der Waals surface area (Å²) in [6, 6.07) is 0.267. The molecule has 6 heteroatoms. The SMILES string of the molecule is CCCNc1cnc(C(=O)NC2CCCC(SC)C2)cn1. The van der Waals surface area contributed by atoms with Gasteiger partial charge in [0.15, 0.2) is 0 Å². The number of hydrogen-bond donors (Lipinski definition) is 2. The molecule has 1 fully saturated rings. The zero-order valence-corrected chi connectivity index (χ0v) is 13.6. The lowest BCUT2D eigenvalue weighted by atomic mass is 9.95. The number of nitrogens with zero attached hydrogens (tertiary/aromatic N) is 2. The number of anilines is 1. The zero-order valence-electron chi connectivity index (χ0n) is 12.8. The van der Waals surface area contributed by atoms with Crippen molar-refractivity contribution in [1.82, 2.24) is 15.3 Å². The van der Waals surface area contributed by atoms with Crippen LogP contribution in [-0.2, 0) is 0 Å². The van der Waals surface area contributed by atoms with Crippen molar-refractivity contribution in [2.45, 2.75) is 50.3 Å². The van der Waals surface area contributed by atoms with E-state index in [0.29, 0.717) is 16.8 Å². The largest absolute Gasteiger partial charge is 0.369 e. The summed E-state index contributed by atoms with van der Waals surface area (Å²) in [7, 11) is 0. The average molecular weight is 308 g/mol. The molecule has 21 heavy (non-hydrogen) atoms. The Balaban J connectivity index is 1.87. The minimum Gasteiger partial charge on any atom is -0.369 e. The number of thioether (sulfide) groups is 1. The van der Waals surface area contributed by atoms with Crippen molar-refractivity contribution in [3.05, 3.63) is 18.1 Å². The fourth-order valence-corrected chi connectivity index (χ4v) is 3.37. The molecule has 0 aromatic carbocycles. The molecule has 0 radical (unpaired) electrons. The molecule has 1 aliphatic rings. The molecule has 2 unspecified atom stereocenters. The van der Waals surface area contributed by atoms with Crippen LogP contribution in [0.3, 0.4) is 0 Å². The highest BCUT2D eigenvalue weighted by atomic mass is 32.2. The predicted octanol–water partition coefficient (Wildman–Crippen LogP) is 2.70. The molecule has 1 amide bonds. The third-order valence-corrected chi connectivity index (χ3v) is 4.83. The number of aromatic nitrogens is 2. The summed E-state index contributed by atoms with van der Waals surface area (Å²) >= 11 is 1.89. The Bertz CT molecular complexity index is 451. The van der Waals surface area contributed by atoms with Gasteiger partial charge in [-0.2, -0.15) is 11.8 Å². The highest BCUT2D eigenvalue weighted by Gasteiger charge is 2.23. The average Bonchev–Trinajstić information content (AvgIpc) is 2.53. The molecule has 1 heterocycles. The van der Waals surface area contributed by atoms with E-state index in [1.807, 2.05) is 11.8 Å². The van der Waals surface area contributed by atoms with Gasteiger partial charge in [0, 0.05) is 17.8 Å². The zero-order chi connectivity index (χ0) is 15.1. The standard InChI is InChI=1S/C15H24N4OS/c1-3-7-16-14-10-17-13(9-18-14)15(20)19-11-5-4-6-12(8-11)21-2/h9-12H,3-8H2,1-2H3,(H,16,18)(H,19,20). The van der Waals surface area contributed by atoms with Crippen molar-refractivity contribution in [2.24, 2.45) is 0 Å². The molecule has 116 valence electrons. The number of carbonyl (C=O) groups excluding carboxylic acids is 1. The smallest absolute Gasteiger partial charge is 0.271 e. The molecule has 1 aliphatic carbocycles. The van der Waals surface area contributed by atoms with Crippen LogP contribution in [0.4, 0.5) is 5.82 Å². The Kier molecular flexibility index (Phi) is 6.29. The maximum atomic E-state index is 12.2. The van der Waals surface area contributed by atoms with Crippen LogP contribution in [0.25, 0.3) is 0 Å². The van der Waals surface area contributed by atoms with Crippen LogP contribution in [-0.4, -0.2) is 40.0 Å². The van der Waals surface area contributed by atoms with Crippen LogP contribution >= 0.6 is 11.8 Å². The molecule has 0 spiro atoms. The highest BCUT2D eigenvalue weighted by molar-refractivity contribution is 7.99. The minimum atomic E-state index is -0.115. The maximum Gasteiger partial charge on any atom is 0.271 e. The van der Waals surface area contributed by atoms with Crippen molar-refractivity contribution in [2.75, 3.05) is 18.1 Å². The molecular formula is C15H24N4OS. The predicted molar refractivity (Wildman–Crippen MR) is 87.8 cm³/mol. The van der Waals surface area contributed by atoms with E-state index in [4.69, 9.17) is 0 Å². The number of nitrogens with one attached hydrogen (secondary N) is 2. The second-order valence-corrected chi connectivity index (χ2v) is 6.55. The van der Waals surface area contributed by atoms with Crippen LogP contribution in [0, 0.1) is 0 Å². The lowest BCUT2D eigenvalue weighted by molar-refractivity contribution is 0.0923. The lowest BCUT2D eigenvalue weighted by Crippen LogP contribution is -2.39. The summed E-state index contributed by atoms with van der Waals surface area (Å²) in [5.41, 5.74) is 0.392. The quantitative estimate of drug-likeness (QED) is 0.846. The third kappa shape index (κ3) is 4.88. The van der Waals surface area contributed by atoms with Crippen molar-refractivity contribution in [3.8, 4) is 0 Å². The van der Waals surface area contributed by atoms with E-state index in [1.165, 1.54) is 12.8 Å². The summed E-state index contributed by atoms with van der Waals surface area (Å²) in [5, 5.41) is 6.90. The molecule has 0 saturated heterocycles. The number of hydrogen-bond acceptors (Lipinski definition) is 5. The van der Waals surface area contributed by atoms with Crippen molar-refractivity contribution in [1.29, 1.82) is 0 Å². The van der Waals surface area contributed by atoms with E-state index in [-0.39, 0.29) is 11.9 Å². The van der Waals surface area contributed by atoms with E-state index in [0.717, 1.165) is 25.8 Å². The molecule has 2 atom stereocenters. The van der Waals surface area contributed by atoms with E-state index >= 15 is 0 Å². The van der Waals surface area contributed by atoms with Gasteiger partial charge in [0.25, 0.3) is 5.91 Å². The van der Waals surface area contributed by atoms with Crippen molar-refractivity contribution < 1.29 is 4.79 Å². The van der Waals surface area contributed by atoms with Gasteiger partial charge < -0.3 is 10.6 Å². The van der Waals surface area contributed by atoms with Crippen LogP contribution in [0.2, 0.25) is 0 Å². The van der Waals surface area contributed by atoms with Gasteiger partial charge >= 0.3 is 0 Å². The lowest BCUT2D eigenvalue weighted by Gasteiger charge is -2.28. The molecule has 1 aromatic rings. The topological polar surface area (TPSA) is 66.9 Å². The summed E-state index contributed by atoms with van der Waals surface area (Å²) in [6.07, 6.45) is 10.9. The second-order valence-electron chi connectivity index (χ2n) is 5.41. The number of carbonyl (C=O) groups is 1. The molecule has 0 aliphatic heterocycles.